The molecule has 0 saturated carbocycles. The van der Waals surface area contributed by atoms with Gasteiger partial charge < -0.3 is 5.01 Å². The maximum absolute atomic E-state index is 5.76. The van der Waals surface area contributed by atoms with E-state index in [0.29, 0.717) is 0 Å². The Labute approximate surface area is 200 Å². The van der Waals surface area contributed by atoms with Crippen LogP contribution in [-0.2, 0) is 19.4 Å². The van der Waals surface area contributed by atoms with Crippen LogP contribution in [-0.4, -0.2) is 18.1 Å². The minimum absolute atomic E-state index is 0.250. The van der Waals surface area contributed by atoms with Crippen molar-refractivity contribution in [2.75, 3.05) is 18.1 Å². The van der Waals surface area contributed by atoms with Gasteiger partial charge in [0.15, 0.2) is 0 Å². The summed E-state index contributed by atoms with van der Waals surface area (Å²) < 4.78 is 0. The molecular formula is C31H36N2. The van der Waals surface area contributed by atoms with E-state index in [1.807, 2.05) is 0 Å². The highest BCUT2D eigenvalue weighted by Crippen LogP contribution is 2.25. The number of anilines is 1. The smallest absolute Gasteiger partial charge is 0.0523 e. The summed E-state index contributed by atoms with van der Waals surface area (Å²) in [6.45, 7) is 7.53. The zero-order chi connectivity index (χ0) is 23.0. The van der Waals surface area contributed by atoms with E-state index in [9.17, 15) is 0 Å². The second kappa shape index (κ2) is 11.2. The molecule has 3 aromatic carbocycles. The van der Waals surface area contributed by atoms with Gasteiger partial charge in [0, 0.05) is 25.6 Å². The Kier molecular flexibility index (Phi) is 7.87. The summed E-state index contributed by atoms with van der Waals surface area (Å²) in [5, 5.41) is 4.80. The van der Waals surface area contributed by atoms with Gasteiger partial charge in [-0.05, 0) is 60.6 Å². The maximum Gasteiger partial charge on any atom is 0.0523 e. The molecule has 2 heteroatoms. The lowest BCUT2D eigenvalue weighted by atomic mass is 9.93. The molecular weight excluding hydrogens is 400 g/mol. The van der Waals surface area contributed by atoms with Crippen LogP contribution in [0.1, 0.15) is 59.9 Å². The topological polar surface area (TPSA) is 6.48 Å². The van der Waals surface area contributed by atoms with Crippen LogP contribution in [0.25, 0.3) is 0 Å². The third-order valence-corrected chi connectivity index (χ3v) is 6.76. The van der Waals surface area contributed by atoms with E-state index in [1.165, 1.54) is 46.3 Å². The van der Waals surface area contributed by atoms with E-state index in [0.717, 1.165) is 38.9 Å². The molecule has 1 atom stereocenters. The largest absolute Gasteiger partial charge is 0.304 e. The highest BCUT2D eigenvalue weighted by atomic mass is 15.7. The molecule has 33 heavy (non-hydrogen) atoms. The van der Waals surface area contributed by atoms with Crippen molar-refractivity contribution < 1.29 is 0 Å². The second-order valence-corrected chi connectivity index (χ2v) is 9.27. The summed E-state index contributed by atoms with van der Waals surface area (Å²) in [5.41, 5.74) is 8.02. The number of rotatable bonds is 10. The molecule has 170 valence electrons. The fourth-order valence-electron chi connectivity index (χ4n) is 4.50. The first kappa shape index (κ1) is 23.1. The van der Waals surface area contributed by atoms with Crippen LogP contribution >= 0.6 is 0 Å². The molecule has 0 aliphatic carbocycles. The van der Waals surface area contributed by atoms with Crippen LogP contribution in [0.5, 0.6) is 0 Å². The first-order chi connectivity index (χ1) is 16.2. The number of unbranched alkanes of at least 4 members (excludes halogenated alkanes) is 1. The molecule has 3 aromatic rings. The fourth-order valence-corrected chi connectivity index (χ4v) is 4.50. The molecule has 0 radical (unpaired) electrons. The summed E-state index contributed by atoms with van der Waals surface area (Å²) in [5.74, 6) is 3.22. The van der Waals surface area contributed by atoms with Crippen molar-refractivity contribution in [2.24, 2.45) is 0 Å². The molecule has 0 amide bonds. The molecule has 1 saturated heterocycles. The summed E-state index contributed by atoms with van der Waals surface area (Å²) in [6, 6.07) is 26.9. The van der Waals surface area contributed by atoms with Crippen molar-refractivity contribution in [3.63, 3.8) is 0 Å². The molecule has 4 rings (SSSR count). The van der Waals surface area contributed by atoms with Crippen molar-refractivity contribution in [3.8, 4) is 12.3 Å². The lowest BCUT2D eigenvalue weighted by Crippen LogP contribution is -2.56. The van der Waals surface area contributed by atoms with Gasteiger partial charge in [-0.25, -0.2) is 5.01 Å². The van der Waals surface area contributed by atoms with Crippen molar-refractivity contribution >= 4 is 5.69 Å². The number of nitrogens with zero attached hydrogens (tertiary/aromatic N) is 2. The molecule has 1 fully saturated rings. The van der Waals surface area contributed by atoms with Crippen molar-refractivity contribution in [3.05, 3.63) is 101 Å². The predicted molar refractivity (Wildman–Crippen MR) is 140 cm³/mol. The summed E-state index contributed by atoms with van der Waals surface area (Å²) in [4.78, 5) is 0. The van der Waals surface area contributed by atoms with E-state index in [-0.39, 0.29) is 5.92 Å². The van der Waals surface area contributed by atoms with Crippen LogP contribution in [0.15, 0.2) is 72.8 Å². The van der Waals surface area contributed by atoms with Crippen LogP contribution in [0, 0.1) is 19.3 Å². The zero-order valence-corrected chi connectivity index (χ0v) is 20.1. The Hall–Kier alpha value is -3.02. The Balaban J connectivity index is 1.27. The van der Waals surface area contributed by atoms with Crippen LogP contribution < -0.4 is 5.01 Å². The number of hydrogen-bond donors (Lipinski definition) is 0. The SMILES string of the molecule is C#CC(CCCC)c1ccc(CCc2ccc(CN3CCN3c3ccc(C)cc3)cc2)cc1. The van der Waals surface area contributed by atoms with Crippen molar-refractivity contribution in [2.45, 2.75) is 58.4 Å². The highest BCUT2D eigenvalue weighted by Gasteiger charge is 2.25. The Morgan fingerprint density at radius 1 is 0.818 bits per heavy atom. The minimum Gasteiger partial charge on any atom is -0.304 e. The average molecular weight is 437 g/mol. The Bertz CT molecular complexity index is 1040. The van der Waals surface area contributed by atoms with Gasteiger partial charge in [0.2, 0.25) is 0 Å². The van der Waals surface area contributed by atoms with Crippen LogP contribution in [0.4, 0.5) is 5.69 Å². The maximum atomic E-state index is 5.76. The monoisotopic (exact) mass is 436 g/mol. The minimum atomic E-state index is 0.250. The molecule has 0 spiro atoms. The first-order valence-electron chi connectivity index (χ1n) is 12.4. The van der Waals surface area contributed by atoms with Gasteiger partial charge >= 0.3 is 0 Å². The van der Waals surface area contributed by atoms with Crippen molar-refractivity contribution in [1.29, 1.82) is 0 Å². The van der Waals surface area contributed by atoms with Crippen molar-refractivity contribution in [1.82, 2.24) is 5.01 Å². The van der Waals surface area contributed by atoms with Gasteiger partial charge in [-0.1, -0.05) is 91.9 Å². The van der Waals surface area contributed by atoms with E-state index >= 15 is 0 Å². The lowest BCUT2D eigenvalue weighted by Gasteiger charge is -2.45. The number of benzene rings is 3. The number of hydrogen-bond acceptors (Lipinski definition) is 2. The zero-order valence-electron chi connectivity index (χ0n) is 20.1. The van der Waals surface area contributed by atoms with Crippen LogP contribution in [0.3, 0.4) is 0 Å². The van der Waals surface area contributed by atoms with Gasteiger partial charge in [-0.2, -0.15) is 0 Å². The number of terminal acetylenes is 1. The summed E-state index contributed by atoms with van der Waals surface area (Å²) in [7, 11) is 0. The molecule has 2 nitrogen and oxygen atoms in total. The third-order valence-electron chi connectivity index (χ3n) is 6.76. The molecule has 1 aliphatic heterocycles. The summed E-state index contributed by atoms with van der Waals surface area (Å²) >= 11 is 0. The second-order valence-electron chi connectivity index (χ2n) is 9.27. The fraction of sp³-hybridized carbons (Fsp3) is 0.355. The van der Waals surface area contributed by atoms with Crippen LogP contribution in [0.2, 0.25) is 0 Å². The molecule has 1 aliphatic rings. The van der Waals surface area contributed by atoms with Gasteiger partial charge in [-0.3, -0.25) is 0 Å². The standard InChI is InChI=1S/C31H36N2/c1-4-6-7-29(5-2)30-18-16-27(17-19-30)11-10-26-12-14-28(15-13-26)24-32-22-23-33(32)31-20-8-25(3)9-21-31/h2,8-9,12-21,29H,4,6-7,10-11,22-24H2,1,3H3. The quantitative estimate of drug-likeness (QED) is 0.318. The number of hydrazine groups is 1. The summed E-state index contributed by atoms with van der Waals surface area (Å²) in [6.07, 6.45) is 11.3. The molecule has 0 bridgehead atoms. The van der Waals surface area contributed by atoms with Gasteiger partial charge in [0.05, 0.1) is 5.69 Å². The van der Waals surface area contributed by atoms with E-state index in [4.69, 9.17) is 6.42 Å². The Morgan fingerprint density at radius 3 is 1.97 bits per heavy atom. The van der Waals surface area contributed by atoms with E-state index in [1.54, 1.807) is 0 Å². The third kappa shape index (κ3) is 6.06. The number of aryl methyl sites for hydroxylation is 3. The first-order valence-corrected chi connectivity index (χ1v) is 12.4. The molecule has 1 heterocycles. The molecule has 0 N–H and O–H groups in total. The lowest BCUT2D eigenvalue weighted by molar-refractivity contribution is 0.162. The highest BCUT2D eigenvalue weighted by molar-refractivity contribution is 5.48. The normalized spacial score (nSPS) is 14.5. The Morgan fingerprint density at radius 2 is 1.42 bits per heavy atom. The van der Waals surface area contributed by atoms with E-state index < -0.39 is 0 Å². The van der Waals surface area contributed by atoms with E-state index in [2.05, 4.69) is 103 Å². The molecule has 1 unspecified atom stereocenters. The molecule has 0 aromatic heterocycles. The van der Waals surface area contributed by atoms with Gasteiger partial charge in [0.1, 0.15) is 0 Å². The average Bonchev–Trinajstić information content (AvgIpc) is 2.84. The van der Waals surface area contributed by atoms with Gasteiger partial charge in [0.25, 0.3) is 0 Å². The predicted octanol–water partition coefficient (Wildman–Crippen LogP) is 6.92. The van der Waals surface area contributed by atoms with Gasteiger partial charge in [-0.15, -0.1) is 6.42 Å².